The molecular formula is C7H6N2O3. The molecule has 2 heterocycles. The normalized spacial score (nSPS) is 13.7. The number of aromatic carboxylic acids is 1. The second-order valence-corrected chi connectivity index (χ2v) is 2.46. The van der Waals surface area contributed by atoms with Crippen LogP contribution in [0.4, 0.5) is 0 Å². The zero-order valence-corrected chi connectivity index (χ0v) is 6.15. The van der Waals surface area contributed by atoms with E-state index in [1.54, 1.807) is 0 Å². The van der Waals surface area contributed by atoms with Gasteiger partial charge in [0, 0.05) is 12.0 Å². The Morgan fingerprint density at radius 1 is 1.58 bits per heavy atom. The van der Waals surface area contributed by atoms with Gasteiger partial charge in [-0.15, -0.1) is 10.2 Å². The highest BCUT2D eigenvalue weighted by Gasteiger charge is 2.16. The third-order valence-corrected chi connectivity index (χ3v) is 1.66. The van der Waals surface area contributed by atoms with E-state index < -0.39 is 5.97 Å². The number of ether oxygens (including phenoxy) is 1. The maximum Gasteiger partial charge on any atom is 0.356 e. The van der Waals surface area contributed by atoms with Crippen molar-refractivity contribution in [2.75, 3.05) is 6.61 Å². The minimum atomic E-state index is -1.06. The van der Waals surface area contributed by atoms with E-state index in [-0.39, 0.29) is 5.69 Å². The maximum atomic E-state index is 10.5. The summed E-state index contributed by atoms with van der Waals surface area (Å²) >= 11 is 0. The molecule has 0 saturated heterocycles. The standard InChI is InChI=1S/C7H6N2O3/c10-7(11)5-3-4-1-2-12-6(4)9-8-5/h3H,1-2H2,(H,10,11). The minimum absolute atomic E-state index is 0.0285. The molecule has 0 fully saturated rings. The first-order valence-corrected chi connectivity index (χ1v) is 3.50. The molecule has 62 valence electrons. The van der Waals surface area contributed by atoms with Crippen molar-refractivity contribution in [3.05, 3.63) is 17.3 Å². The van der Waals surface area contributed by atoms with Crippen molar-refractivity contribution >= 4 is 5.97 Å². The second kappa shape index (κ2) is 2.44. The lowest BCUT2D eigenvalue weighted by molar-refractivity contribution is 0.0689. The van der Waals surface area contributed by atoms with Gasteiger partial charge < -0.3 is 9.84 Å². The molecule has 0 unspecified atom stereocenters. The number of carboxylic acid groups (broad SMARTS) is 1. The van der Waals surface area contributed by atoms with E-state index in [1.165, 1.54) is 6.07 Å². The molecule has 1 aliphatic rings. The largest absolute Gasteiger partial charge is 0.476 e. The van der Waals surface area contributed by atoms with E-state index in [2.05, 4.69) is 10.2 Å². The van der Waals surface area contributed by atoms with Crippen LogP contribution in [-0.4, -0.2) is 27.9 Å². The number of carboxylic acids is 1. The summed E-state index contributed by atoms with van der Waals surface area (Å²) in [4.78, 5) is 10.5. The molecule has 1 aromatic rings. The van der Waals surface area contributed by atoms with Gasteiger partial charge in [0.25, 0.3) is 0 Å². The quantitative estimate of drug-likeness (QED) is 0.641. The van der Waals surface area contributed by atoms with Gasteiger partial charge in [-0.25, -0.2) is 4.79 Å². The molecule has 0 spiro atoms. The summed E-state index contributed by atoms with van der Waals surface area (Å²) in [7, 11) is 0. The summed E-state index contributed by atoms with van der Waals surface area (Å²) in [5.74, 6) is -0.600. The van der Waals surface area contributed by atoms with E-state index in [0.717, 1.165) is 5.56 Å². The Bertz CT molecular complexity index is 337. The summed E-state index contributed by atoms with van der Waals surface area (Å²) in [6, 6.07) is 1.50. The van der Waals surface area contributed by atoms with E-state index >= 15 is 0 Å². The van der Waals surface area contributed by atoms with Crippen molar-refractivity contribution in [2.45, 2.75) is 6.42 Å². The van der Waals surface area contributed by atoms with Crippen molar-refractivity contribution < 1.29 is 14.6 Å². The third-order valence-electron chi connectivity index (χ3n) is 1.66. The van der Waals surface area contributed by atoms with Crippen molar-refractivity contribution in [3.63, 3.8) is 0 Å². The molecule has 1 aromatic heterocycles. The molecular weight excluding hydrogens is 160 g/mol. The molecule has 0 aliphatic carbocycles. The first-order chi connectivity index (χ1) is 5.77. The number of rotatable bonds is 1. The Kier molecular flexibility index (Phi) is 1.43. The average Bonchev–Trinajstić information content (AvgIpc) is 2.49. The molecule has 0 aromatic carbocycles. The molecule has 1 aliphatic heterocycles. The van der Waals surface area contributed by atoms with Crippen LogP contribution in [0.25, 0.3) is 0 Å². The number of hydrogen-bond acceptors (Lipinski definition) is 4. The highest BCUT2D eigenvalue weighted by Crippen LogP contribution is 2.21. The molecule has 12 heavy (non-hydrogen) atoms. The predicted molar refractivity (Wildman–Crippen MR) is 38.2 cm³/mol. The summed E-state index contributed by atoms with van der Waals surface area (Å²) in [6.45, 7) is 0.563. The van der Waals surface area contributed by atoms with Gasteiger partial charge in [0.15, 0.2) is 5.69 Å². The molecule has 0 atom stereocenters. The Labute approximate surface area is 68.0 Å². The monoisotopic (exact) mass is 166 g/mol. The van der Waals surface area contributed by atoms with Crippen molar-refractivity contribution in [1.82, 2.24) is 10.2 Å². The first-order valence-electron chi connectivity index (χ1n) is 3.50. The topological polar surface area (TPSA) is 72.3 Å². The van der Waals surface area contributed by atoms with Gasteiger partial charge in [0.05, 0.1) is 6.61 Å². The van der Waals surface area contributed by atoms with Gasteiger partial charge in [-0.3, -0.25) is 0 Å². The molecule has 0 saturated carbocycles. The van der Waals surface area contributed by atoms with E-state index in [1.807, 2.05) is 0 Å². The third kappa shape index (κ3) is 0.990. The van der Waals surface area contributed by atoms with Crippen LogP contribution in [0.1, 0.15) is 16.1 Å². The summed E-state index contributed by atoms with van der Waals surface area (Å²) in [5, 5.41) is 15.7. The van der Waals surface area contributed by atoms with Crippen LogP contribution in [0.5, 0.6) is 5.88 Å². The number of carbonyl (C=O) groups is 1. The molecule has 2 rings (SSSR count). The van der Waals surface area contributed by atoms with Crippen LogP contribution in [0.3, 0.4) is 0 Å². The smallest absolute Gasteiger partial charge is 0.356 e. The average molecular weight is 166 g/mol. The number of hydrogen-bond donors (Lipinski definition) is 1. The Morgan fingerprint density at radius 3 is 3.17 bits per heavy atom. The maximum absolute atomic E-state index is 10.5. The Morgan fingerprint density at radius 2 is 2.42 bits per heavy atom. The van der Waals surface area contributed by atoms with Crippen molar-refractivity contribution in [1.29, 1.82) is 0 Å². The Balaban J connectivity index is 2.45. The van der Waals surface area contributed by atoms with Gasteiger partial charge in [0.1, 0.15) is 0 Å². The highest BCUT2D eigenvalue weighted by molar-refractivity contribution is 5.85. The fraction of sp³-hybridized carbons (Fsp3) is 0.286. The molecule has 1 N–H and O–H groups in total. The van der Waals surface area contributed by atoms with E-state index in [4.69, 9.17) is 9.84 Å². The van der Waals surface area contributed by atoms with Gasteiger partial charge >= 0.3 is 5.97 Å². The zero-order chi connectivity index (χ0) is 8.55. The zero-order valence-electron chi connectivity index (χ0n) is 6.15. The summed E-state index contributed by atoms with van der Waals surface area (Å²) in [5.41, 5.74) is 0.793. The molecule has 5 heteroatoms. The van der Waals surface area contributed by atoms with Crippen LogP contribution < -0.4 is 4.74 Å². The van der Waals surface area contributed by atoms with Crippen LogP contribution in [0, 0.1) is 0 Å². The molecule has 0 radical (unpaired) electrons. The van der Waals surface area contributed by atoms with E-state index in [9.17, 15) is 4.79 Å². The van der Waals surface area contributed by atoms with Crippen LogP contribution in [0.2, 0.25) is 0 Å². The first kappa shape index (κ1) is 7.02. The predicted octanol–water partition coefficient (Wildman–Crippen LogP) is 0.110. The fourth-order valence-electron chi connectivity index (χ4n) is 1.08. The molecule has 0 amide bonds. The summed E-state index contributed by atoms with van der Waals surface area (Å²) < 4.78 is 5.07. The summed E-state index contributed by atoms with van der Waals surface area (Å²) in [6.07, 6.45) is 0.713. The van der Waals surface area contributed by atoms with Crippen LogP contribution >= 0.6 is 0 Å². The van der Waals surface area contributed by atoms with Crippen LogP contribution in [-0.2, 0) is 6.42 Å². The number of fused-ring (bicyclic) bond motifs is 1. The van der Waals surface area contributed by atoms with Gasteiger partial charge in [-0.2, -0.15) is 0 Å². The number of aromatic nitrogens is 2. The second-order valence-electron chi connectivity index (χ2n) is 2.46. The Hall–Kier alpha value is -1.65. The van der Waals surface area contributed by atoms with Crippen LogP contribution in [0.15, 0.2) is 6.07 Å². The molecule has 5 nitrogen and oxygen atoms in total. The SMILES string of the molecule is O=C(O)c1cc2c(nn1)OCC2. The van der Waals surface area contributed by atoms with Gasteiger partial charge in [0.2, 0.25) is 5.88 Å². The lowest BCUT2D eigenvalue weighted by Crippen LogP contribution is -2.02. The lowest BCUT2D eigenvalue weighted by atomic mass is 10.2. The minimum Gasteiger partial charge on any atom is -0.476 e. The number of nitrogens with zero attached hydrogens (tertiary/aromatic N) is 2. The lowest BCUT2D eigenvalue weighted by Gasteiger charge is -1.95. The fourth-order valence-corrected chi connectivity index (χ4v) is 1.08. The van der Waals surface area contributed by atoms with E-state index in [0.29, 0.717) is 18.9 Å². The van der Waals surface area contributed by atoms with Gasteiger partial charge in [-0.1, -0.05) is 0 Å². The van der Waals surface area contributed by atoms with Crippen molar-refractivity contribution in [3.8, 4) is 5.88 Å². The highest BCUT2D eigenvalue weighted by atomic mass is 16.5. The van der Waals surface area contributed by atoms with Crippen molar-refractivity contribution in [2.24, 2.45) is 0 Å². The van der Waals surface area contributed by atoms with Gasteiger partial charge in [-0.05, 0) is 6.07 Å². The molecule has 0 bridgehead atoms.